The summed E-state index contributed by atoms with van der Waals surface area (Å²) >= 11 is 0. The Balaban J connectivity index is 1.73. The molecule has 1 saturated carbocycles. The van der Waals surface area contributed by atoms with Crippen LogP contribution in [0.4, 0.5) is 26.3 Å². The highest BCUT2D eigenvalue weighted by molar-refractivity contribution is 7.91. The number of sulfone groups is 1. The number of esters is 1. The summed E-state index contributed by atoms with van der Waals surface area (Å²) in [5.74, 6) is -10.1. The smallest absolute Gasteiger partial charge is 0.416 e. The minimum absolute atomic E-state index is 0.0805. The number of carbonyl (C=O) groups is 3. The van der Waals surface area contributed by atoms with Crippen LogP contribution in [0, 0.1) is 11.8 Å². The van der Waals surface area contributed by atoms with E-state index in [1.807, 2.05) is 13.8 Å². The van der Waals surface area contributed by atoms with Crippen LogP contribution >= 0.6 is 0 Å². The second kappa shape index (κ2) is 14.3. The maximum absolute atomic E-state index is 14.1. The molecule has 2 fully saturated rings. The van der Waals surface area contributed by atoms with Gasteiger partial charge in [-0.3, -0.25) is 9.59 Å². The summed E-state index contributed by atoms with van der Waals surface area (Å²) in [7, 11) is -3.85. The van der Waals surface area contributed by atoms with E-state index < -0.39 is 80.7 Å². The van der Waals surface area contributed by atoms with E-state index in [-0.39, 0.29) is 29.7 Å². The maximum atomic E-state index is 14.1. The molecule has 4 atom stereocenters. The lowest BCUT2D eigenvalue weighted by Gasteiger charge is -2.41. The van der Waals surface area contributed by atoms with Gasteiger partial charge in [0, 0.05) is 29.8 Å². The lowest BCUT2D eigenvalue weighted by atomic mass is 9.81. The third-order valence-electron chi connectivity index (χ3n) is 8.36. The maximum Gasteiger partial charge on any atom is 0.573 e. The van der Waals surface area contributed by atoms with Gasteiger partial charge >= 0.3 is 18.5 Å². The summed E-state index contributed by atoms with van der Waals surface area (Å²) in [4.78, 5) is 39.4. The monoisotopic (exact) mass is 707 g/mol. The standard InChI is InChI=1S/C31H35F6N3O7S/c1-17(2)15-39-19-8-10-23(18(14-19)16-48(44,45)20-6-4-3-5-7-20)40-13-12-22(28(40)42)25-21(27(38)41)9-11-24(26(25)47-31(35,36)37)46-29(43)30(32,33)34/h3-7,9,11,17-19,22-23,39H,8,10,12-16H2,1-2H3,(H2,38,41)/t18-,19+,22-,23-/m0/s1. The molecular weight excluding hydrogens is 672 g/mol. The Kier molecular flexibility index (Phi) is 11.0. The molecular formula is C31H35F6N3O7S. The number of rotatable bonds is 11. The van der Waals surface area contributed by atoms with Crippen molar-refractivity contribution in [1.29, 1.82) is 0 Å². The van der Waals surface area contributed by atoms with Crippen LogP contribution in [-0.4, -0.2) is 74.6 Å². The largest absolute Gasteiger partial charge is 0.573 e. The molecule has 10 nitrogen and oxygen atoms in total. The Labute approximate surface area is 272 Å². The zero-order chi connectivity index (χ0) is 35.6. The van der Waals surface area contributed by atoms with Gasteiger partial charge in [0.15, 0.2) is 21.3 Å². The number of alkyl halides is 6. The van der Waals surface area contributed by atoms with E-state index in [1.54, 1.807) is 18.2 Å². The molecule has 2 aliphatic rings. The van der Waals surface area contributed by atoms with Gasteiger partial charge in [-0.15, -0.1) is 13.2 Å². The number of hydrogen-bond acceptors (Lipinski definition) is 8. The predicted molar refractivity (Wildman–Crippen MR) is 159 cm³/mol. The van der Waals surface area contributed by atoms with E-state index in [9.17, 15) is 49.1 Å². The van der Waals surface area contributed by atoms with E-state index in [0.29, 0.717) is 37.8 Å². The molecule has 4 rings (SSSR count). The summed E-state index contributed by atoms with van der Waals surface area (Å²) < 4.78 is 115. The van der Waals surface area contributed by atoms with Gasteiger partial charge in [-0.1, -0.05) is 32.0 Å². The van der Waals surface area contributed by atoms with E-state index in [1.165, 1.54) is 17.0 Å². The van der Waals surface area contributed by atoms with Gasteiger partial charge in [0.25, 0.3) is 0 Å². The Morgan fingerprint density at radius 3 is 2.27 bits per heavy atom. The second-order valence-electron chi connectivity index (χ2n) is 12.3. The van der Waals surface area contributed by atoms with Gasteiger partial charge in [0.1, 0.15) is 0 Å². The zero-order valence-electron chi connectivity index (χ0n) is 25.9. The van der Waals surface area contributed by atoms with E-state index in [0.717, 1.165) is 6.07 Å². The normalized spacial score (nSPS) is 22.2. The van der Waals surface area contributed by atoms with Gasteiger partial charge in [-0.05, 0) is 68.3 Å². The van der Waals surface area contributed by atoms with E-state index in [4.69, 9.17) is 5.73 Å². The van der Waals surface area contributed by atoms with Gasteiger partial charge in [0.05, 0.1) is 16.6 Å². The molecule has 0 spiro atoms. The van der Waals surface area contributed by atoms with Crippen molar-refractivity contribution in [2.24, 2.45) is 17.6 Å². The van der Waals surface area contributed by atoms with E-state index in [2.05, 4.69) is 14.8 Å². The number of likely N-dealkylation sites (tertiary alicyclic amines) is 1. The van der Waals surface area contributed by atoms with Crippen molar-refractivity contribution in [2.75, 3.05) is 18.8 Å². The number of nitrogens with one attached hydrogen (secondary N) is 1. The Bertz CT molecular complexity index is 1620. The van der Waals surface area contributed by atoms with Crippen LogP contribution < -0.4 is 20.5 Å². The third kappa shape index (κ3) is 8.78. The van der Waals surface area contributed by atoms with Crippen molar-refractivity contribution in [3.63, 3.8) is 0 Å². The lowest BCUT2D eigenvalue weighted by molar-refractivity contribution is -0.275. The van der Waals surface area contributed by atoms with Gasteiger partial charge in [0.2, 0.25) is 11.8 Å². The SMILES string of the molecule is CC(C)CN[C@@H]1CC[C@H](N2CC[C@@H](c3c(C(N)=O)ccc(OC(=O)C(F)(F)F)c3OC(F)(F)F)C2=O)[C@H](CS(=O)(=O)c2ccccc2)C1. The molecule has 2 amide bonds. The Morgan fingerprint density at radius 2 is 1.69 bits per heavy atom. The predicted octanol–water partition coefficient (Wildman–Crippen LogP) is 4.72. The van der Waals surface area contributed by atoms with Crippen molar-refractivity contribution in [3.8, 4) is 11.5 Å². The molecule has 1 saturated heterocycles. The van der Waals surface area contributed by atoms with Crippen LogP contribution in [0.1, 0.15) is 61.4 Å². The molecule has 0 bridgehead atoms. The van der Waals surface area contributed by atoms with Crippen LogP contribution in [0.25, 0.3) is 0 Å². The number of amides is 2. The molecule has 2 aromatic carbocycles. The first-order valence-corrected chi connectivity index (χ1v) is 16.8. The van der Waals surface area contributed by atoms with Crippen LogP contribution in [0.3, 0.4) is 0 Å². The number of hydrogen-bond donors (Lipinski definition) is 2. The number of carbonyl (C=O) groups excluding carboxylic acids is 3. The quantitative estimate of drug-likeness (QED) is 0.194. The molecule has 1 aliphatic carbocycles. The first kappa shape index (κ1) is 37.0. The van der Waals surface area contributed by atoms with Crippen molar-refractivity contribution in [3.05, 3.63) is 53.6 Å². The van der Waals surface area contributed by atoms with Gasteiger partial charge < -0.3 is 25.4 Å². The molecule has 48 heavy (non-hydrogen) atoms. The minimum atomic E-state index is -5.60. The summed E-state index contributed by atoms with van der Waals surface area (Å²) in [6, 6.07) is 8.17. The highest BCUT2D eigenvalue weighted by Crippen LogP contribution is 2.46. The lowest BCUT2D eigenvalue weighted by Crippen LogP contribution is -2.51. The van der Waals surface area contributed by atoms with Crippen LogP contribution in [0.15, 0.2) is 47.4 Å². The van der Waals surface area contributed by atoms with E-state index >= 15 is 0 Å². The molecule has 0 unspecified atom stereocenters. The number of primary amides is 1. The highest BCUT2D eigenvalue weighted by Gasteiger charge is 2.48. The number of nitrogens with two attached hydrogens (primary N) is 1. The molecule has 17 heteroatoms. The zero-order valence-corrected chi connectivity index (χ0v) is 26.8. The number of ether oxygens (including phenoxy) is 2. The van der Waals surface area contributed by atoms with Crippen LogP contribution in [0.2, 0.25) is 0 Å². The number of nitrogens with zero attached hydrogens (tertiary/aromatic N) is 1. The Morgan fingerprint density at radius 1 is 1.02 bits per heavy atom. The number of benzene rings is 2. The highest BCUT2D eigenvalue weighted by atomic mass is 32.2. The third-order valence-corrected chi connectivity index (χ3v) is 10.2. The first-order chi connectivity index (χ1) is 22.3. The summed E-state index contributed by atoms with van der Waals surface area (Å²) in [5.41, 5.74) is 3.96. The topological polar surface area (TPSA) is 145 Å². The van der Waals surface area contributed by atoms with Crippen LogP contribution in [-0.2, 0) is 19.4 Å². The molecule has 0 aromatic heterocycles. The molecule has 0 radical (unpaired) electrons. The fraction of sp³-hybridized carbons (Fsp3) is 0.516. The van der Waals surface area contributed by atoms with Crippen molar-refractivity contribution >= 4 is 27.6 Å². The summed E-state index contributed by atoms with van der Waals surface area (Å²) in [5, 5.41) is 3.42. The molecule has 3 N–H and O–H groups in total. The van der Waals surface area contributed by atoms with Crippen molar-refractivity contribution < 1.29 is 58.6 Å². The van der Waals surface area contributed by atoms with Crippen molar-refractivity contribution in [2.45, 2.75) is 75.0 Å². The summed E-state index contributed by atoms with van der Waals surface area (Å²) in [6.45, 7) is 4.59. The number of halogens is 6. The molecule has 1 aliphatic heterocycles. The van der Waals surface area contributed by atoms with Gasteiger partial charge in [-0.25, -0.2) is 13.2 Å². The van der Waals surface area contributed by atoms with Crippen molar-refractivity contribution in [1.82, 2.24) is 10.2 Å². The second-order valence-corrected chi connectivity index (χ2v) is 14.3. The van der Waals surface area contributed by atoms with Crippen LogP contribution in [0.5, 0.6) is 11.5 Å². The minimum Gasteiger partial charge on any atom is -0.416 e. The molecule has 1 heterocycles. The Hall–Kier alpha value is -3.86. The fourth-order valence-corrected chi connectivity index (χ4v) is 8.02. The summed E-state index contributed by atoms with van der Waals surface area (Å²) in [6.07, 6.45) is -10.1. The first-order valence-electron chi connectivity index (χ1n) is 15.1. The average molecular weight is 708 g/mol. The fourth-order valence-electron chi connectivity index (χ4n) is 6.33. The molecule has 264 valence electrons. The average Bonchev–Trinajstić information content (AvgIpc) is 3.36. The molecule has 2 aromatic rings. The van der Waals surface area contributed by atoms with Gasteiger partial charge in [-0.2, -0.15) is 13.2 Å².